The second kappa shape index (κ2) is 12.1. The first-order chi connectivity index (χ1) is 20.7. The molecule has 0 radical (unpaired) electrons. The van der Waals surface area contributed by atoms with Crippen molar-refractivity contribution in [1.29, 1.82) is 0 Å². The second-order valence-electron chi connectivity index (χ2n) is 13.5. The quantitative estimate of drug-likeness (QED) is 0.423. The smallest absolute Gasteiger partial charge is 0.419 e. The Morgan fingerprint density at radius 2 is 1.55 bits per heavy atom. The van der Waals surface area contributed by atoms with Crippen molar-refractivity contribution in [3.8, 4) is 0 Å². The standard InChI is InChI=1S/C32H43N7O5/c1-31(2,3)43-29(41)38-15-13-37(14-16-38)27-11-10-21(19-34-27)28(40)35-26-18-24-22(20-33-26)17-25(23-9-8-12-36(23)7)39(24)30(42)44-32(4,5)6/h10-11,17-20,23H,8-9,12-16H2,1-7H3,(H,33,35,40)/t23-/m1/s1. The third-order valence-corrected chi connectivity index (χ3v) is 7.66. The van der Waals surface area contributed by atoms with Gasteiger partial charge in [0.25, 0.3) is 5.91 Å². The fraction of sp³-hybridized carbons (Fsp3) is 0.531. The van der Waals surface area contributed by atoms with Gasteiger partial charge < -0.3 is 24.6 Å². The van der Waals surface area contributed by atoms with Gasteiger partial charge in [-0.3, -0.25) is 9.69 Å². The topological polar surface area (TPSA) is 122 Å². The van der Waals surface area contributed by atoms with Gasteiger partial charge in [0.05, 0.1) is 17.1 Å². The molecule has 12 heteroatoms. The molecule has 0 aliphatic carbocycles. The lowest BCUT2D eigenvalue weighted by atomic mass is 10.1. The molecule has 0 aromatic carbocycles. The number of aromatic nitrogens is 3. The Morgan fingerprint density at radius 3 is 2.14 bits per heavy atom. The van der Waals surface area contributed by atoms with Gasteiger partial charge in [-0.05, 0) is 86.2 Å². The minimum atomic E-state index is -0.665. The van der Waals surface area contributed by atoms with Crippen LogP contribution in [-0.4, -0.2) is 93.4 Å². The number of nitrogens with zero attached hydrogens (tertiary/aromatic N) is 6. The number of rotatable bonds is 4. The molecule has 44 heavy (non-hydrogen) atoms. The molecule has 0 bridgehead atoms. The number of nitrogens with one attached hydrogen (secondary N) is 1. The first-order valence-corrected chi connectivity index (χ1v) is 15.1. The zero-order valence-electron chi connectivity index (χ0n) is 26.7. The number of likely N-dealkylation sites (tertiary alicyclic amines) is 1. The highest BCUT2D eigenvalue weighted by molar-refractivity contribution is 6.04. The van der Waals surface area contributed by atoms with E-state index in [4.69, 9.17) is 9.47 Å². The Labute approximate surface area is 258 Å². The van der Waals surface area contributed by atoms with Crippen LogP contribution in [0, 0.1) is 0 Å². The van der Waals surface area contributed by atoms with Crippen molar-refractivity contribution >= 4 is 40.6 Å². The van der Waals surface area contributed by atoms with Crippen LogP contribution in [0.3, 0.4) is 0 Å². The predicted octanol–water partition coefficient (Wildman–Crippen LogP) is 5.29. The van der Waals surface area contributed by atoms with Crippen LogP contribution in [0.4, 0.5) is 21.2 Å². The maximum atomic E-state index is 13.4. The SMILES string of the molecule is CN1CCC[C@@H]1c1cc2cnc(NC(=O)c3ccc(N4CCN(C(=O)OC(C)(C)C)CC4)nc3)cc2n1C(=O)OC(C)(C)C. The molecule has 0 spiro atoms. The Bertz CT molecular complexity index is 1530. The summed E-state index contributed by atoms with van der Waals surface area (Å²) in [7, 11) is 2.06. The van der Waals surface area contributed by atoms with Crippen molar-refractivity contribution in [2.24, 2.45) is 0 Å². The molecule has 1 atom stereocenters. The van der Waals surface area contributed by atoms with Crippen LogP contribution >= 0.6 is 0 Å². The zero-order valence-corrected chi connectivity index (χ0v) is 26.7. The van der Waals surface area contributed by atoms with Crippen LogP contribution in [0.5, 0.6) is 0 Å². The van der Waals surface area contributed by atoms with E-state index in [0.717, 1.165) is 36.3 Å². The molecular formula is C32H43N7O5. The lowest BCUT2D eigenvalue weighted by molar-refractivity contribution is 0.0240. The number of ether oxygens (including phenoxy) is 2. The first-order valence-electron chi connectivity index (χ1n) is 15.1. The first kappa shape index (κ1) is 31.2. The van der Waals surface area contributed by atoms with E-state index < -0.39 is 17.3 Å². The van der Waals surface area contributed by atoms with Gasteiger partial charge in [0.15, 0.2) is 0 Å². The van der Waals surface area contributed by atoms with Crippen LogP contribution in [0.1, 0.15) is 76.5 Å². The largest absolute Gasteiger partial charge is 0.444 e. The van der Waals surface area contributed by atoms with Crippen molar-refractivity contribution in [3.63, 3.8) is 0 Å². The van der Waals surface area contributed by atoms with E-state index in [0.29, 0.717) is 43.1 Å². The van der Waals surface area contributed by atoms with Crippen LogP contribution in [0.15, 0.2) is 36.7 Å². The maximum absolute atomic E-state index is 13.4. The fourth-order valence-corrected chi connectivity index (χ4v) is 5.57. The van der Waals surface area contributed by atoms with Crippen molar-refractivity contribution < 1.29 is 23.9 Å². The Balaban J connectivity index is 1.29. The van der Waals surface area contributed by atoms with Gasteiger partial charge in [-0.25, -0.2) is 24.1 Å². The zero-order chi connectivity index (χ0) is 31.8. The normalized spacial score (nSPS) is 18.0. The summed E-state index contributed by atoms with van der Waals surface area (Å²) in [5.41, 5.74) is 0.649. The molecule has 3 aromatic heterocycles. The molecule has 236 valence electrons. The molecule has 0 unspecified atom stereocenters. The molecule has 1 N–H and O–H groups in total. The summed E-state index contributed by atoms with van der Waals surface area (Å²) in [6.07, 6.45) is 4.41. The number of anilines is 2. The minimum Gasteiger partial charge on any atom is -0.444 e. The Kier molecular flexibility index (Phi) is 8.57. The van der Waals surface area contributed by atoms with Crippen LogP contribution in [0.2, 0.25) is 0 Å². The van der Waals surface area contributed by atoms with E-state index in [9.17, 15) is 14.4 Å². The number of pyridine rings is 2. The molecular weight excluding hydrogens is 562 g/mol. The van der Waals surface area contributed by atoms with Gasteiger partial charge in [0.1, 0.15) is 22.8 Å². The van der Waals surface area contributed by atoms with Gasteiger partial charge in [0.2, 0.25) is 0 Å². The molecule has 5 rings (SSSR count). The lowest BCUT2D eigenvalue weighted by Crippen LogP contribution is -2.50. The number of carbonyl (C=O) groups excluding carboxylic acids is 3. The van der Waals surface area contributed by atoms with Gasteiger partial charge in [-0.1, -0.05) is 0 Å². The number of fused-ring (bicyclic) bond motifs is 1. The number of hydrogen-bond donors (Lipinski definition) is 1. The van der Waals surface area contributed by atoms with Gasteiger partial charge in [-0.15, -0.1) is 0 Å². The summed E-state index contributed by atoms with van der Waals surface area (Å²) in [5.74, 6) is 0.681. The molecule has 2 amide bonds. The molecule has 2 saturated heterocycles. The van der Waals surface area contributed by atoms with Crippen molar-refractivity contribution in [2.75, 3.05) is 50.0 Å². The molecule has 5 heterocycles. The van der Waals surface area contributed by atoms with Crippen LogP contribution in [-0.2, 0) is 9.47 Å². The summed E-state index contributed by atoms with van der Waals surface area (Å²) in [6.45, 7) is 14.3. The molecule has 2 fully saturated rings. The van der Waals surface area contributed by atoms with E-state index in [1.54, 1.807) is 33.9 Å². The lowest BCUT2D eigenvalue weighted by Gasteiger charge is -2.36. The summed E-state index contributed by atoms with van der Waals surface area (Å²) in [6, 6.07) is 7.29. The van der Waals surface area contributed by atoms with Gasteiger partial charge >= 0.3 is 12.2 Å². The summed E-state index contributed by atoms with van der Waals surface area (Å²) in [4.78, 5) is 53.9. The van der Waals surface area contributed by atoms with Crippen LogP contribution < -0.4 is 10.2 Å². The molecule has 2 aliphatic heterocycles. The Morgan fingerprint density at radius 1 is 0.864 bits per heavy atom. The van der Waals surface area contributed by atoms with E-state index in [2.05, 4.69) is 32.1 Å². The van der Waals surface area contributed by atoms with Crippen molar-refractivity contribution in [2.45, 2.75) is 71.6 Å². The summed E-state index contributed by atoms with van der Waals surface area (Å²) >= 11 is 0. The molecule has 3 aromatic rings. The molecule has 12 nitrogen and oxygen atoms in total. The molecule has 0 saturated carbocycles. The van der Waals surface area contributed by atoms with Crippen molar-refractivity contribution in [3.05, 3.63) is 47.9 Å². The summed E-state index contributed by atoms with van der Waals surface area (Å²) in [5, 5.41) is 3.64. The highest BCUT2D eigenvalue weighted by Gasteiger charge is 2.31. The van der Waals surface area contributed by atoms with Gasteiger partial charge in [0, 0.05) is 55.7 Å². The minimum absolute atomic E-state index is 0.0813. The monoisotopic (exact) mass is 605 g/mol. The highest BCUT2D eigenvalue weighted by Crippen LogP contribution is 2.35. The number of carbonyl (C=O) groups is 3. The Hall–Kier alpha value is -4.19. The van der Waals surface area contributed by atoms with E-state index in [1.165, 1.54) is 6.20 Å². The third-order valence-electron chi connectivity index (χ3n) is 7.66. The summed E-state index contributed by atoms with van der Waals surface area (Å²) < 4.78 is 12.9. The average Bonchev–Trinajstić information content (AvgIpc) is 3.54. The van der Waals surface area contributed by atoms with E-state index in [-0.39, 0.29) is 18.0 Å². The third kappa shape index (κ3) is 7.12. The van der Waals surface area contributed by atoms with E-state index in [1.807, 2.05) is 47.6 Å². The predicted molar refractivity (Wildman–Crippen MR) is 168 cm³/mol. The number of amides is 2. The number of hydrogen-bond acceptors (Lipinski definition) is 9. The molecule has 2 aliphatic rings. The van der Waals surface area contributed by atoms with Crippen molar-refractivity contribution in [1.82, 2.24) is 24.3 Å². The number of piperazine rings is 1. The van der Waals surface area contributed by atoms with E-state index >= 15 is 0 Å². The van der Waals surface area contributed by atoms with Crippen LogP contribution in [0.25, 0.3) is 10.9 Å². The van der Waals surface area contributed by atoms with Gasteiger partial charge in [-0.2, -0.15) is 0 Å². The second-order valence-corrected chi connectivity index (χ2v) is 13.5. The maximum Gasteiger partial charge on any atom is 0.419 e. The highest BCUT2D eigenvalue weighted by atomic mass is 16.6. The fourth-order valence-electron chi connectivity index (χ4n) is 5.57. The average molecular weight is 606 g/mol.